The summed E-state index contributed by atoms with van der Waals surface area (Å²) in [6.45, 7) is 5.83. The molecular weight excluding hydrogens is 534 g/mol. The van der Waals surface area contributed by atoms with Crippen molar-refractivity contribution in [1.29, 1.82) is 0 Å². The predicted octanol–water partition coefficient (Wildman–Crippen LogP) is 5.42. The first-order valence-corrected chi connectivity index (χ1v) is 15.2. The smallest absolute Gasteiger partial charge is 0.262 e. The summed E-state index contributed by atoms with van der Waals surface area (Å²) in [7, 11) is -3.67. The standard InChI is InChI=1S/C33H35N3O4S/c1-25-21-26(2)23-30(22-25)40-24-32(37)34-29-13-15-31(16-14-29)41(38,39)36-19-17-35(18-20-36)33(27-9-5-3-6-10-27)28-11-7-4-8-12-28/h3-16,21-23,33H,17-20,24H2,1-2H3,(H,34,37). The number of benzene rings is 4. The number of nitrogens with zero attached hydrogens (tertiary/aromatic N) is 2. The van der Waals surface area contributed by atoms with Gasteiger partial charge in [-0.25, -0.2) is 8.42 Å². The van der Waals surface area contributed by atoms with Crippen molar-refractivity contribution in [1.82, 2.24) is 9.21 Å². The molecule has 1 aliphatic heterocycles. The van der Waals surface area contributed by atoms with Crippen molar-refractivity contribution in [2.24, 2.45) is 0 Å². The van der Waals surface area contributed by atoms with Gasteiger partial charge >= 0.3 is 0 Å². The van der Waals surface area contributed by atoms with Gasteiger partial charge in [0.25, 0.3) is 5.91 Å². The Morgan fingerprint density at radius 1 is 0.780 bits per heavy atom. The van der Waals surface area contributed by atoms with E-state index in [0.717, 1.165) is 11.1 Å². The fourth-order valence-electron chi connectivity index (χ4n) is 5.31. The largest absolute Gasteiger partial charge is 0.484 e. The van der Waals surface area contributed by atoms with Gasteiger partial charge in [-0.2, -0.15) is 4.31 Å². The first kappa shape index (κ1) is 28.5. The highest BCUT2D eigenvalue weighted by Gasteiger charge is 2.32. The molecular formula is C33H35N3O4S. The fraction of sp³-hybridized carbons (Fsp3) is 0.242. The third-order valence-corrected chi connectivity index (χ3v) is 9.12. The van der Waals surface area contributed by atoms with Crippen LogP contribution in [0.15, 0.2) is 108 Å². The molecule has 0 unspecified atom stereocenters. The van der Waals surface area contributed by atoms with Crippen LogP contribution < -0.4 is 10.1 Å². The van der Waals surface area contributed by atoms with Crippen LogP contribution in [-0.4, -0.2) is 56.3 Å². The zero-order valence-corrected chi connectivity index (χ0v) is 24.2. The van der Waals surface area contributed by atoms with Crippen LogP contribution >= 0.6 is 0 Å². The second-order valence-electron chi connectivity index (χ2n) is 10.3. The van der Waals surface area contributed by atoms with Crippen molar-refractivity contribution in [3.8, 4) is 5.75 Å². The van der Waals surface area contributed by atoms with Crippen LogP contribution in [0.1, 0.15) is 28.3 Å². The average molecular weight is 570 g/mol. The zero-order chi connectivity index (χ0) is 28.8. The minimum absolute atomic E-state index is 0.0593. The Balaban J connectivity index is 1.20. The molecule has 0 spiro atoms. The van der Waals surface area contributed by atoms with E-state index in [0.29, 0.717) is 37.6 Å². The molecule has 0 aliphatic carbocycles. The van der Waals surface area contributed by atoms with E-state index in [2.05, 4.69) is 34.5 Å². The molecule has 1 amide bonds. The Bertz CT molecular complexity index is 1510. The molecule has 1 N–H and O–H groups in total. The predicted molar refractivity (Wildman–Crippen MR) is 162 cm³/mol. The third-order valence-electron chi connectivity index (χ3n) is 7.21. The van der Waals surface area contributed by atoms with E-state index in [4.69, 9.17) is 4.74 Å². The monoisotopic (exact) mass is 569 g/mol. The van der Waals surface area contributed by atoms with Crippen LogP contribution in [0.3, 0.4) is 0 Å². The molecule has 1 aliphatic rings. The number of anilines is 1. The molecule has 4 aromatic carbocycles. The third kappa shape index (κ3) is 7.03. The Labute approximate surface area is 242 Å². The van der Waals surface area contributed by atoms with Crippen molar-refractivity contribution >= 4 is 21.6 Å². The summed E-state index contributed by atoms with van der Waals surface area (Å²) in [6.07, 6.45) is 0. The quantitative estimate of drug-likeness (QED) is 0.291. The Hall–Kier alpha value is -3.98. The van der Waals surface area contributed by atoms with E-state index in [-0.39, 0.29) is 23.5 Å². The number of rotatable bonds is 9. The number of hydrogen-bond donors (Lipinski definition) is 1. The van der Waals surface area contributed by atoms with Gasteiger partial charge in [-0.15, -0.1) is 0 Å². The zero-order valence-electron chi connectivity index (χ0n) is 23.4. The molecule has 5 rings (SSSR count). The Morgan fingerprint density at radius 3 is 1.85 bits per heavy atom. The molecule has 41 heavy (non-hydrogen) atoms. The summed E-state index contributed by atoms with van der Waals surface area (Å²) in [5, 5.41) is 2.77. The number of piperazine rings is 1. The van der Waals surface area contributed by atoms with E-state index in [1.807, 2.05) is 68.4 Å². The number of hydrogen-bond acceptors (Lipinski definition) is 5. The second kappa shape index (κ2) is 12.7. The number of ether oxygens (including phenoxy) is 1. The molecule has 0 atom stereocenters. The first-order chi connectivity index (χ1) is 19.8. The molecule has 1 heterocycles. The average Bonchev–Trinajstić information content (AvgIpc) is 2.97. The molecule has 212 valence electrons. The SMILES string of the molecule is Cc1cc(C)cc(OCC(=O)Nc2ccc(S(=O)(=O)N3CCN(C(c4ccccc4)c4ccccc4)CC3)cc2)c1. The number of carbonyl (C=O) groups excluding carboxylic acids is 1. The van der Waals surface area contributed by atoms with Crippen LogP contribution in [-0.2, 0) is 14.8 Å². The van der Waals surface area contributed by atoms with Gasteiger partial charge < -0.3 is 10.1 Å². The Morgan fingerprint density at radius 2 is 1.32 bits per heavy atom. The highest BCUT2D eigenvalue weighted by atomic mass is 32.2. The lowest BCUT2D eigenvalue weighted by Crippen LogP contribution is -2.49. The summed E-state index contributed by atoms with van der Waals surface area (Å²) >= 11 is 0. The number of sulfonamides is 1. The molecule has 0 aromatic heterocycles. The highest BCUT2D eigenvalue weighted by molar-refractivity contribution is 7.89. The van der Waals surface area contributed by atoms with Gasteiger partial charge in [0.15, 0.2) is 6.61 Å². The topological polar surface area (TPSA) is 78.9 Å². The maximum atomic E-state index is 13.5. The fourth-order valence-corrected chi connectivity index (χ4v) is 6.73. The molecule has 7 nitrogen and oxygen atoms in total. The van der Waals surface area contributed by atoms with Gasteiger partial charge in [-0.3, -0.25) is 9.69 Å². The Kier molecular flexibility index (Phi) is 8.83. The van der Waals surface area contributed by atoms with Gasteiger partial charge in [0.1, 0.15) is 5.75 Å². The van der Waals surface area contributed by atoms with Gasteiger partial charge in [-0.1, -0.05) is 66.7 Å². The highest BCUT2D eigenvalue weighted by Crippen LogP contribution is 2.30. The number of aryl methyl sites for hydroxylation is 2. The minimum atomic E-state index is -3.67. The van der Waals surface area contributed by atoms with Gasteiger partial charge in [0.2, 0.25) is 10.0 Å². The summed E-state index contributed by atoms with van der Waals surface area (Å²) in [4.78, 5) is 15.0. The second-order valence-corrected chi connectivity index (χ2v) is 12.3. The van der Waals surface area contributed by atoms with E-state index in [1.165, 1.54) is 11.1 Å². The molecule has 1 saturated heterocycles. The lowest BCUT2D eigenvalue weighted by atomic mass is 9.96. The molecule has 0 bridgehead atoms. The lowest BCUT2D eigenvalue weighted by Gasteiger charge is -2.39. The number of nitrogens with one attached hydrogen (secondary N) is 1. The number of carbonyl (C=O) groups is 1. The van der Waals surface area contributed by atoms with E-state index >= 15 is 0 Å². The molecule has 0 saturated carbocycles. The minimum Gasteiger partial charge on any atom is -0.484 e. The van der Waals surface area contributed by atoms with Crippen molar-refractivity contribution in [2.75, 3.05) is 38.1 Å². The first-order valence-electron chi connectivity index (χ1n) is 13.7. The van der Waals surface area contributed by atoms with E-state index < -0.39 is 10.0 Å². The van der Waals surface area contributed by atoms with E-state index in [1.54, 1.807) is 28.6 Å². The van der Waals surface area contributed by atoms with Gasteiger partial charge in [0, 0.05) is 31.9 Å². The summed E-state index contributed by atoms with van der Waals surface area (Å²) < 4.78 is 34.1. The summed E-state index contributed by atoms with van der Waals surface area (Å²) in [6, 6.07) is 32.8. The summed E-state index contributed by atoms with van der Waals surface area (Å²) in [5.41, 5.74) is 5.01. The molecule has 8 heteroatoms. The van der Waals surface area contributed by atoms with Crippen molar-refractivity contribution in [2.45, 2.75) is 24.8 Å². The van der Waals surface area contributed by atoms with Crippen molar-refractivity contribution < 1.29 is 17.9 Å². The maximum Gasteiger partial charge on any atom is 0.262 e. The number of amides is 1. The van der Waals surface area contributed by atoms with Gasteiger partial charge in [-0.05, 0) is 72.5 Å². The van der Waals surface area contributed by atoms with Crippen molar-refractivity contribution in [3.63, 3.8) is 0 Å². The molecule has 1 fully saturated rings. The van der Waals surface area contributed by atoms with Crippen LogP contribution in [0.4, 0.5) is 5.69 Å². The normalized spacial score (nSPS) is 14.6. The maximum absolute atomic E-state index is 13.5. The van der Waals surface area contributed by atoms with Crippen LogP contribution in [0.2, 0.25) is 0 Å². The summed E-state index contributed by atoms with van der Waals surface area (Å²) in [5.74, 6) is 0.320. The van der Waals surface area contributed by atoms with Crippen LogP contribution in [0.25, 0.3) is 0 Å². The van der Waals surface area contributed by atoms with Crippen LogP contribution in [0, 0.1) is 13.8 Å². The van der Waals surface area contributed by atoms with E-state index in [9.17, 15) is 13.2 Å². The molecule has 0 radical (unpaired) electrons. The molecule has 4 aromatic rings. The lowest BCUT2D eigenvalue weighted by molar-refractivity contribution is -0.118. The van der Waals surface area contributed by atoms with Gasteiger partial charge in [0.05, 0.1) is 10.9 Å². The van der Waals surface area contributed by atoms with Crippen LogP contribution in [0.5, 0.6) is 5.75 Å². The van der Waals surface area contributed by atoms with Crippen molar-refractivity contribution in [3.05, 3.63) is 125 Å².